The molecule has 2 heterocycles. The summed E-state index contributed by atoms with van der Waals surface area (Å²) in [6.45, 7) is 6.28. The van der Waals surface area contributed by atoms with Gasteiger partial charge in [-0.2, -0.15) is 0 Å². The molecule has 210 valence electrons. The average Bonchev–Trinajstić information content (AvgIpc) is 3.26. The minimum atomic E-state index is -0.838. The number of benzene rings is 2. The van der Waals surface area contributed by atoms with Crippen molar-refractivity contribution in [2.75, 3.05) is 49.1 Å². The summed E-state index contributed by atoms with van der Waals surface area (Å²) < 4.78 is 45.9. The number of amides is 3. The van der Waals surface area contributed by atoms with Gasteiger partial charge in [0.2, 0.25) is 0 Å². The van der Waals surface area contributed by atoms with Gasteiger partial charge in [0.1, 0.15) is 24.0 Å². The molecule has 0 spiro atoms. The number of hydrogen-bond acceptors (Lipinski definition) is 7. The van der Waals surface area contributed by atoms with E-state index in [0.717, 1.165) is 22.6 Å². The summed E-state index contributed by atoms with van der Waals surface area (Å²) in [5.41, 5.74) is -0.0434. The van der Waals surface area contributed by atoms with Gasteiger partial charge in [-0.1, -0.05) is 30.3 Å². The minimum Gasteiger partial charge on any atom is -0.445 e. The standard InChI is InChI=1S/C27H32F2N4O6/c1-27(2,3)39-25(35)32-11-9-31(10-12-32)23-21(28)13-19(14-22(23)29)33-16-20(38-26(33)36)15-30-24(34)37-17-18-7-5-4-6-8-18/h4-8,13-14,20H,9-12,15-17H2,1-3H3,(H,30,34)/t20-/m0/s1. The van der Waals surface area contributed by atoms with E-state index in [0.29, 0.717) is 0 Å². The van der Waals surface area contributed by atoms with E-state index in [2.05, 4.69) is 5.32 Å². The summed E-state index contributed by atoms with van der Waals surface area (Å²) >= 11 is 0. The maximum atomic E-state index is 15.1. The molecule has 2 aromatic rings. The van der Waals surface area contributed by atoms with Gasteiger partial charge >= 0.3 is 18.3 Å². The van der Waals surface area contributed by atoms with E-state index in [1.807, 2.05) is 30.3 Å². The van der Waals surface area contributed by atoms with E-state index in [1.165, 1.54) is 9.80 Å². The maximum Gasteiger partial charge on any atom is 0.414 e. The monoisotopic (exact) mass is 546 g/mol. The highest BCUT2D eigenvalue weighted by molar-refractivity contribution is 5.90. The van der Waals surface area contributed by atoms with Crippen LogP contribution in [0.25, 0.3) is 0 Å². The molecule has 4 rings (SSSR count). The molecule has 0 radical (unpaired) electrons. The Bertz CT molecular complexity index is 1180. The fraction of sp³-hybridized carbons (Fsp3) is 0.444. The van der Waals surface area contributed by atoms with E-state index in [-0.39, 0.29) is 57.3 Å². The third-order valence-corrected chi connectivity index (χ3v) is 6.12. The molecule has 12 heteroatoms. The Morgan fingerprint density at radius 1 is 1.05 bits per heavy atom. The topological polar surface area (TPSA) is 101 Å². The Kier molecular flexibility index (Phi) is 8.41. The zero-order chi connectivity index (χ0) is 28.2. The number of rotatable bonds is 6. The van der Waals surface area contributed by atoms with Crippen molar-refractivity contribution in [2.24, 2.45) is 0 Å². The predicted molar refractivity (Wildman–Crippen MR) is 139 cm³/mol. The quantitative estimate of drug-likeness (QED) is 0.540. The average molecular weight is 547 g/mol. The lowest BCUT2D eigenvalue weighted by Crippen LogP contribution is -2.50. The van der Waals surface area contributed by atoms with Crippen molar-refractivity contribution < 1.29 is 37.4 Å². The number of ether oxygens (including phenoxy) is 3. The molecule has 10 nitrogen and oxygen atoms in total. The number of nitrogens with zero attached hydrogens (tertiary/aromatic N) is 3. The molecule has 3 amide bonds. The van der Waals surface area contributed by atoms with Gasteiger partial charge in [-0.15, -0.1) is 0 Å². The van der Waals surface area contributed by atoms with E-state index in [9.17, 15) is 14.4 Å². The second-order valence-corrected chi connectivity index (χ2v) is 10.3. The van der Waals surface area contributed by atoms with Crippen LogP contribution in [0.5, 0.6) is 0 Å². The first kappa shape index (κ1) is 27.9. The molecule has 2 aliphatic heterocycles. The van der Waals surface area contributed by atoms with Gasteiger partial charge in [0.05, 0.1) is 18.8 Å². The number of anilines is 2. The highest BCUT2D eigenvalue weighted by atomic mass is 19.1. The number of carbonyl (C=O) groups excluding carboxylic acids is 3. The summed E-state index contributed by atoms with van der Waals surface area (Å²) in [7, 11) is 0. The summed E-state index contributed by atoms with van der Waals surface area (Å²) in [5.74, 6) is -1.68. The summed E-state index contributed by atoms with van der Waals surface area (Å²) in [5, 5.41) is 2.53. The number of halogens is 2. The van der Waals surface area contributed by atoms with Crippen molar-refractivity contribution in [3.63, 3.8) is 0 Å². The molecular weight excluding hydrogens is 514 g/mol. The van der Waals surface area contributed by atoms with E-state index in [1.54, 1.807) is 20.8 Å². The molecule has 0 aliphatic carbocycles. The van der Waals surface area contributed by atoms with Crippen LogP contribution in [0.3, 0.4) is 0 Å². The second kappa shape index (κ2) is 11.7. The fourth-order valence-corrected chi connectivity index (χ4v) is 4.26. The maximum absolute atomic E-state index is 15.1. The Morgan fingerprint density at radius 3 is 2.31 bits per heavy atom. The van der Waals surface area contributed by atoms with Crippen LogP contribution in [0.15, 0.2) is 42.5 Å². The van der Waals surface area contributed by atoms with E-state index < -0.39 is 41.6 Å². The Labute approximate surface area is 225 Å². The second-order valence-electron chi connectivity index (χ2n) is 10.3. The lowest BCUT2D eigenvalue weighted by Gasteiger charge is -2.37. The van der Waals surface area contributed by atoms with Gasteiger partial charge in [-0.25, -0.2) is 23.2 Å². The molecule has 0 unspecified atom stereocenters. The molecule has 2 aromatic carbocycles. The molecular formula is C27H32F2N4O6. The SMILES string of the molecule is CC(C)(C)OC(=O)N1CCN(c2c(F)cc(N3C[C@H](CNC(=O)OCc4ccccc4)OC3=O)cc2F)CC1. The van der Waals surface area contributed by atoms with Crippen LogP contribution >= 0.6 is 0 Å². The third kappa shape index (κ3) is 7.27. The van der Waals surface area contributed by atoms with Crippen molar-refractivity contribution >= 4 is 29.7 Å². The molecule has 2 saturated heterocycles. The Hall–Kier alpha value is -4.09. The molecule has 0 saturated carbocycles. The highest BCUT2D eigenvalue weighted by Gasteiger charge is 2.34. The summed E-state index contributed by atoms with van der Waals surface area (Å²) in [4.78, 5) is 40.8. The molecule has 0 bridgehead atoms. The van der Waals surface area contributed by atoms with Crippen LogP contribution in [0, 0.1) is 11.6 Å². The van der Waals surface area contributed by atoms with Gasteiger partial charge in [-0.3, -0.25) is 4.90 Å². The number of cyclic esters (lactones) is 1. The van der Waals surface area contributed by atoms with Gasteiger partial charge in [0.25, 0.3) is 0 Å². The number of piperazine rings is 1. The summed E-state index contributed by atoms with van der Waals surface area (Å²) in [6, 6.07) is 11.3. The van der Waals surface area contributed by atoms with Crippen LogP contribution < -0.4 is 15.1 Å². The zero-order valence-corrected chi connectivity index (χ0v) is 22.1. The van der Waals surface area contributed by atoms with Crippen molar-refractivity contribution in [3.8, 4) is 0 Å². The van der Waals surface area contributed by atoms with Crippen LogP contribution in [0.4, 0.5) is 34.5 Å². The number of hydrogen-bond donors (Lipinski definition) is 1. The normalized spacial score (nSPS) is 17.6. The van der Waals surface area contributed by atoms with Gasteiger partial charge in [0.15, 0.2) is 11.6 Å². The van der Waals surface area contributed by atoms with Crippen LogP contribution in [-0.2, 0) is 20.8 Å². The lowest BCUT2D eigenvalue weighted by molar-refractivity contribution is 0.0240. The largest absolute Gasteiger partial charge is 0.445 e. The Morgan fingerprint density at radius 2 is 1.69 bits per heavy atom. The fourth-order valence-electron chi connectivity index (χ4n) is 4.26. The van der Waals surface area contributed by atoms with E-state index >= 15 is 8.78 Å². The van der Waals surface area contributed by atoms with Crippen molar-refractivity contribution in [2.45, 2.75) is 39.1 Å². The Balaban J connectivity index is 1.30. The minimum absolute atomic E-state index is 0.000273. The molecule has 2 fully saturated rings. The number of alkyl carbamates (subject to hydrolysis) is 1. The first-order valence-corrected chi connectivity index (χ1v) is 12.6. The van der Waals surface area contributed by atoms with Crippen LogP contribution in [-0.4, -0.2) is 74.2 Å². The molecule has 1 atom stereocenters. The molecule has 39 heavy (non-hydrogen) atoms. The number of carbonyl (C=O) groups is 3. The van der Waals surface area contributed by atoms with E-state index in [4.69, 9.17) is 14.2 Å². The highest BCUT2D eigenvalue weighted by Crippen LogP contribution is 2.31. The molecule has 1 N–H and O–H groups in total. The van der Waals surface area contributed by atoms with Gasteiger partial charge in [0, 0.05) is 38.3 Å². The van der Waals surface area contributed by atoms with Crippen LogP contribution in [0.1, 0.15) is 26.3 Å². The zero-order valence-electron chi connectivity index (χ0n) is 22.1. The smallest absolute Gasteiger partial charge is 0.414 e. The van der Waals surface area contributed by atoms with Gasteiger partial charge < -0.3 is 29.3 Å². The van der Waals surface area contributed by atoms with Crippen molar-refractivity contribution in [1.29, 1.82) is 0 Å². The number of nitrogens with one attached hydrogen (secondary N) is 1. The van der Waals surface area contributed by atoms with Crippen molar-refractivity contribution in [1.82, 2.24) is 10.2 Å². The predicted octanol–water partition coefficient (Wildman–Crippen LogP) is 4.27. The summed E-state index contributed by atoms with van der Waals surface area (Å²) in [6.07, 6.45) is -2.66. The molecule has 2 aliphatic rings. The first-order valence-electron chi connectivity index (χ1n) is 12.6. The third-order valence-electron chi connectivity index (χ3n) is 6.12. The first-order chi connectivity index (χ1) is 18.5. The lowest BCUT2D eigenvalue weighted by atomic mass is 10.2. The van der Waals surface area contributed by atoms with Gasteiger partial charge in [-0.05, 0) is 26.3 Å². The molecule has 0 aromatic heterocycles. The van der Waals surface area contributed by atoms with Crippen molar-refractivity contribution in [3.05, 3.63) is 59.7 Å². The van der Waals surface area contributed by atoms with Crippen LogP contribution in [0.2, 0.25) is 0 Å².